The lowest BCUT2D eigenvalue weighted by atomic mass is 9.85. The van der Waals surface area contributed by atoms with E-state index in [-0.39, 0.29) is 17.7 Å². The van der Waals surface area contributed by atoms with Crippen molar-refractivity contribution in [2.45, 2.75) is 39.2 Å². The zero-order chi connectivity index (χ0) is 21.4. The molecule has 0 radical (unpaired) electrons. The van der Waals surface area contributed by atoms with Crippen molar-refractivity contribution in [3.8, 4) is 11.3 Å². The number of carbonyl (C=O) groups excluding carboxylic acids is 2. The summed E-state index contributed by atoms with van der Waals surface area (Å²) in [5, 5.41) is 3.00. The number of amides is 2. The van der Waals surface area contributed by atoms with Gasteiger partial charge < -0.3 is 14.6 Å². The summed E-state index contributed by atoms with van der Waals surface area (Å²) in [6.07, 6.45) is 3.84. The van der Waals surface area contributed by atoms with E-state index in [0.29, 0.717) is 19.5 Å². The Morgan fingerprint density at radius 3 is 2.45 bits per heavy atom. The smallest absolute Gasteiger partial charge is 0.254 e. The minimum atomic E-state index is 0.0555. The van der Waals surface area contributed by atoms with Crippen molar-refractivity contribution in [2.24, 2.45) is 5.92 Å². The number of hydrogen-bond donors (Lipinski definition) is 1. The van der Waals surface area contributed by atoms with Crippen LogP contribution in [0.4, 0.5) is 5.69 Å². The van der Waals surface area contributed by atoms with Crippen molar-refractivity contribution in [2.75, 3.05) is 11.9 Å². The highest BCUT2D eigenvalue weighted by Crippen LogP contribution is 2.31. The van der Waals surface area contributed by atoms with Crippen LogP contribution >= 0.6 is 0 Å². The molecule has 0 atom stereocenters. The van der Waals surface area contributed by atoms with Gasteiger partial charge in [-0.3, -0.25) is 9.59 Å². The van der Waals surface area contributed by atoms with Crippen LogP contribution in [0.15, 0.2) is 59.0 Å². The van der Waals surface area contributed by atoms with E-state index in [1.807, 2.05) is 66.4 Å². The van der Waals surface area contributed by atoms with Gasteiger partial charge in [0.05, 0.1) is 0 Å². The molecule has 5 nitrogen and oxygen atoms in total. The number of rotatable bonds is 4. The molecule has 1 aliphatic carbocycles. The molecule has 1 aliphatic heterocycles. The minimum Gasteiger partial charge on any atom is -0.461 e. The van der Waals surface area contributed by atoms with Gasteiger partial charge in [-0.15, -0.1) is 0 Å². The Bertz CT molecular complexity index is 1110. The molecular formula is C26H26N2O3. The Balaban J connectivity index is 1.27. The summed E-state index contributed by atoms with van der Waals surface area (Å²) in [5.41, 5.74) is 4.70. The van der Waals surface area contributed by atoms with Gasteiger partial charge in [0.1, 0.15) is 11.5 Å². The van der Waals surface area contributed by atoms with Crippen molar-refractivity contribution in [1.82, 2.24) is 4.90 Å². The highest BCUT2D eigenvalue weighted by Gasteiger charge is 2.26. The third kappa shape index (κ3) is 4.00. The summed E-state index contributed by atoms with van der Waals surface area (Å²) >= 11 is 0. The maximum absolute atomic E-state index is 12.9. The lowest BCUT2D eigenvalue weighted by Crippen LogP contribution is -2.35. The van der Waals surface area contributed by atoms with E-state index in [0.717, 1.165) is 58.7 Å². The normalized spacial score (nSPS) is 15.8. The number of nitrogens with zero attached hydrogens (tertiary/aromatic N) is 1. The van der Waals surface area contributed by atoms with Crippen molar-refractivity contribution in [1.29, 1.82) is 0 Å². The van der Waals surface area contributed by atoms with Gasteiger partial charge in [-0.05, 0) is 62.2 Å². The fourth-order valence-electron chi connectivity index (χ4n) is 4.16. The molecule has 2 aromatic carbocycles. The number of aryl methyl sites for hydroxylation is 1. The Kier molecular flexibility index (Phi) is 5.10. The van der Waals surface area contributed by atoms with Crippen molar-refractivity contribution >= 4 is 17.5 Å². The number of fused-ring (bicyclic) bond motifs is 1. The molecule has 1 saturated carbocycles. The van der Waals surface area contributed by atoms with Gasteiger partial charge in [0.25, 0.3) is 5.91 Å². The number of furan rings is 1. The zero-order valence-corrected chi connectivity index (χ0v) is 17.7. The summed E-state index contributed by atoms with van der Waals surface area (Å²) in [5.74, 6) is 2.09. The lowest BCUT2D eigenvalue weighted by molar-refractivity contribution is -0.122. The Labute approximate surface area is 182 Å². The first-order valence-electron chi connectivity index (χ1n) is 11.0. The monoisotopic (exact) mass is 414 g/mol. The summed E-state index contributed by atoms with van der Waals surface area (Å²) in [4.78, 5) is 26.9. The van der Waals surface area contributed by atoms with Crippen LogP contribution in [-0.2, 0) is 17.8 Å². The maximum atomic E-state index is 12.9. The van der Waals surface area contributed by atoms with Gasteiger partial charge in [-0.2, -0.15) is 0 Å². The highest BCUT2D eigenvalue weighted by molar-refractivity contribution is 5.94. The van der Waals surface area contributed by atoms with Gasteiger partial charge in [0.15, 0.2) is 0 Å². The van der Waals surface area contributed by atoms with E-state index in [9.17, 15) is 9.59 Å². The SMILES string of the molecule is Cc1ccc(C(=O)N2CCc3oc(-c4ccc(NC(=O)C5CCC5)cc4)cc3C2)cc1. The second-order valence-electron chi connectivity index (χ2n) is 8.60. The average Bonchev–Trinajstić information content (AvgIpc) is 3.16. The Morgan fingerprint density at radius 2 is 1.77 bits per heavy atom. The predicted molar refractivity (Wildman–Crippen MR) is 120 cm³/mol. The van der Waals surface area contributed by atoms with Gasteiger partial charge in [0.2, 0.25) is 5.91 Å². The highest BCUT2D eigenvalue weighted by atomic mass is 16.3. The number of hydrogen-bond acceptors (Lipinski definition) is 3. The second kappa shape index (κ2) is 8.06. The van der Waals surface area contributed by atoms with Gasteiger partial charge >= 0.3 is 0 Å². The minimum absolute atomic E-state index is 0.0555. The van der Waals surface area contributed by atoms with Crippen LogP contribution in [0.3, 0.4) is 0 Å². The molecule has 0 spiro atoms. The molecule has 1 aromatic heterocycles. The van der Waals surface area contributed by atoms with Crippen LogP contribution in [0.5, 0.6) is 0 Å². The molecule has 2 heterocycles. The average molecular weight is 415 g/mol. The van der Waals surface area contributed by atoms with E-state index in [1.165, 1.54) is 0 Å². The molecule has 1 N–H and O–H groups in total. The van der Waals surface area contributed by atoms with E-state index < -0.39 is 0 Å². The maximum Gasteiger partial charge on any atom is 0.254 e. The Morgan fingerprint density at radius 1 is 1.03 bits per heavy atom. The van der Waals surface area contributed by atoms with Gasteiger partial charge in [-0.1, -0.05) is 24.1 Å². The molecule has 0 saturated heterocycles. The fraction of sp³-hybridized carbons (Fsp3) is 0.308. The first-order valence-corrected chi connectivity index (χ1v) is 11.0. The zero-order valence-electron chi connectivity index (χ0n) is 17.7. The molecule has 2 aliphatic rings. The summed E-state index contributed by atoms with van der Waals surface area (Å²) in [6.45, 7) is 3.23. The van der Waals surface area contributed by atoms with Gasteiger partial charge in [0, 0.05) is 47.8 Å². The molecule has 0 unspecified atom stereocenters. The van der Waals surface area contributed by atoms with Crippen LogP contribution in [0.25, 0.3) is 11.3 Å². The quantitative estimate of drug-likeness (QED) is 0.639. The molecule has 5 heteroatoms. The molecule has 31 heavy (non-hydrogen) atoms. The van der Waals surface area contributed by atoms with Crippen molar-refractivity contribution in [3.05, 3.63) is 77.0 Å². The summed E-state index contributed by atoms with van der Waals surface area (Å²) in [6, 6.07) is 17.5. The Hall–Kier alpha value is -3.34. The summed E-state index contributed by atoms with van der Waals surface area (Å²) < 4.78 is 6.10. The first-order chi connectivity index (χ1) is 15.1. The van der Waals surface area contributed by atoms with Crippen LogP contribution in [0, 0.1) is 12.8 Å². The molecule has 0 bridgehead atoms. The molecule has 158 valence electrons. The lowest BCUT2D eigenvalue weighted by Gasteiger charge is -2.26. The molecule has 2 amide bonds. The fourth-order valence-corrected chi connectivity index (χ4v) is 4.16. The van der Waals surface area contributed by atoms with Gasteiger partial charge in [-0.25, -0.2) is 0 Å². The van der Waals surface area contributed by atoms with E-state index in [1.54, 1.807) is 0 Å². The standard InChI is InChI=1S/C26H26N2O3/c1-17-5-7-20(8-6-17)26(30)28-14-13-23-21(16-28)15-24(31-23)18-9-11-22(12-10-18)27-25(29)19-3-2-4-19/h5-12,15,19H,2-4,13-14,16H2,1H3,(H,27,29). The molecular weight excluding hydrogens is 388 g/mol. The van der Waals surface area contributed by atoms with Crippen molar-refractivity contribution < 1.29 is 14.0 Å². The van der Waals surface area contributed by atoms with Crippen LogP contribution < -0.4 is 5.32 Å². The third-order valence-electron chi connectivity index (χ3n) is 6.37. The van der Waals surface area contributed by atoms with E-state index in [2.05, 4.69) is 5.32 Å². The van der Waals surface area contributed by atoms with Crippen molar-refractivity contribution in [3.63, 3.8) is 0 Å². The number of benzene rings is 2. The first kappa shape index (κ1) is 19.6. The number of nitrogens with one attached hydrogen (secondary N) is 1. The molecule has 5 rings (SSSR count). The number of anilines is 1. The topological polar surface area (TPSA) is 62.6 Å². The predicted octanol–water partition coefficient (Wildman–Crippen LogP) is 5.19. The summed E-state index contributed by atoms with van der Waals surface area (Å²) in [7, 11) is 0. The molecule has 1 fully saturated rings. The third-order valence-corrected chi connectivity index (χ3v) is 6.37. The van der Waals surface area contributed by atoms with E-state index >= 15 is 0 Å². The van der Waals surface area contributed by atoms with Crippen LogP contribution in [0.1, 0.15) is 46.5 Å². The second-order valence-corrected chi connectivity index (χ2v) is 8.60. The number of carbonyl (C=O) groups is 2. The van der Waals surface area contributed by atoms with E-state index in [4.69, 9.17) is 4.42 Å². The molecule has 3 aromatic rings. The van der Waals surface area contributed by atoms with Crippen LogP contribution in [0.2, 0.25) is 0 Å². The largest absolute Gasteiger partial charge is 0.461 e. The van der Waals surface area contributed by atoms with Crippen LogP contribution in [-0.4, -0.2) is 23.3 Å².